The summed E-state index contributed by atoms with van der Waals surface area (Å²) in [5.74, 6) is 0.872. The first-order valence-corrected chi connectivity index (χ1v) is 9.68. The lowest BCUT2D eigenvalue weighted by molar-refractivity contribution is -0.143. The average Bonchev–Trinajstić information content (AvgIpc) is 3.05. The second-order valence-electron chi connectivity index (χ2n) is 5.62. The van der Waals surface area contributed by atoms with E-state index in [1.807, 2.05) is 42.7 Å². The molecule has 0 saturated carbocycles. The molecule has 1 amide bonds. The number of ether oxygens (including phenoxy) is 2. The molecule has 0 radical (unpaired) electrons. The van der Waals surface area contributed by atoms with E-state index in [1.165, 1.54) is 11.8 Å². The zero-order valence-electron chi connectivity index (χ0n) is 15.7. The van der Waals surface area contributed by atoms with Gasteiger partial charge in [-0.05, 0) is 38.5 Å². The van der Waals surface area contributed by atoms with Gasteiger partial charge in [-0.1, -0.05) is 23.9 Å². The molecule has 1 aromatic heterocycles. The van der Waals surface area contributed by atoms with E-state index in [0.717, 1.165) is 11.3 Å². The molecule has 9 heteroatoms. The first-order valence-electron chi connectivity index (χ1n) is 8.70. The number of hydrogen-bond acceptors (Lipinski definition) is 7. The Morgan fingerprint density at radius 2 is 2.07 bits per heavy atom. The van der Waals surface area contributed by atoms with Crippen molar-refractivity contribution >= 4 is 23.6 Å². The number of amides is 1. The van der Waals surface area contributed by atoms with Gasteiger partial charge in [-0.25, -0.2) is 0 Å². The van der Waals surface area contributed by atoms with Gasteiger partial charge in [-0.3, -0.25) is 9.59 Å². The van der Waals surface area contributed by atoms with Crippen molar-refractivity contribution in [2.75, 3.05) is 18.9 Å². The first kappa shape index (κ1) is 20.8. The van der Waals surface area contributed by atoms with Crippen LogP contribution in [-0.4, -0.2) is 45.5 Å². The number of benzene rings is 1. The molecule has 0 atom stereocenters. The summed E-state index contributed by atoms with van der Waals surface area (Å²) in [5, 5.41) is 11.4. The number of rotatable bonds is 10. The fraction of sp³-hybridized carbons (Fsp3) is 0.444. The van der Waals surface area contributed by atoms with Gasteiger partial charge in [0.05, 0.1) is 12.4 Å². The van der Waals surface area contributed by atoms with E-state index in [-0.39, 0.29) is 24.8 Å². The summed E-state index contributed by atoms with van der Waals surface area (Å²) >= 11 is 1.26. The summed E-state index contributed by atoms with van der Waals surface area (Å²) in [6.45, 7) is 6.80. The van der Waals surface area contributed by atoms with Gasteiger partial charge in [0.2, 0.25) is 5.91 Å². The van der Waals surface area contributed by atoms with Crippen molar-refractivity contribution in [2.24, 2.45) is 0 Å². The summed E-state index contributed by atoms with van der Waals surface area (Å²) in [4.78, 5) is 23.1. The molecule has 0 bridgehead atoms. The first-order chi connectivity index (χ1) is 13.0. The molecule has 8 nitrogen and oxygen atoms in total. The monoisotopic (exact) mass is 392 g/mol. The molecule has 0 fully saturated rings. The molecule has 1 aromatic carbocycles. The van der Waals surface area contributed by atoms with E-state index >= 15 is 0 Å². The molecule has 146 valence electrons. The number of aryl methyl sites for hydroxylation is 1. The highest BCUT2D eigenvalue weighted by Crippen LogP contribution is 2.19. The predicted octanol–water partition coefficient (Wildman–Crippen LogP) is 1.96. The third-order valence-corrected chi connectivity index (χ3v) is 4.50. The van der Waals surface area contributed by atoms with Crippen LogP contribution in [-0.2, 0) is 27.5 Å². The minimum Gasteiger partial charge on any atom is -0.486 e. The maximum Gasteiger partial charge on any atom is 0.325 e. The third kappa shape index (κ3) is 6.59. The van der Waals surface area contributed by atoms with Gasteiger partial charge in [0, 0.05) is 6.54 Å². The Balaban J connectivity index is 1.87. The van der Waals surface area contributed by atoms with Crippen molar-refractivity contribution in [1.82, 2.24) is 20.1 Å². The number of carbonyl (C=O) groups excluding carboxylic acids is 2. The van der Waals surface area contributed by atoms with Gasteiger partial charge >= 0.3 is 5.97 Å². The Hall–Kier alpha value is -2.55. The van der Waals surface area contributed by atoms with Gasteiger partial charge in [-0.15, -0.1) is 10.2 Å². The highest BCUT2D eigenvalue weighted by atomic mass is 32.2. The fourth-order valence-corrected chi connectivity index (χ4v) is 3.12. The second kappa shape index (κ2) is 10.6. The molecular weight excluding hydrogens is 368 g/mol. The molecule has 0 aliphatic heterocycles. The maximum absolute atomic E-state index is 11.9. The van der Waals surface area contributed by atoms with Crippen molar-refractivity contribution in [3.05, 3.63) is 35.7 Å². The highest BCUT2D eigenvalue weighted by molar-refractivity contribution is 7.99. The Labute approximate surface area is 162 Å². The van der Waals surface area contributed by atoms with Crippen molar-refractivity contribution in [2.45, 2.75) is 39.1 Å². The fourth-order valence-electron chi connectivity index (χ4n) is 2.27. The predicted molar refractivity (Wildman–Crippen MR) is 102 cm³/mol. The Morgan fingerprint density at radius 1 is 1.26 bits per heavy atom. The number of aromatic nitrogens is 3. The van der Waals surface area contributed by atoms with Gasteiger partial charge < -0.3 is 19.4 Å². The Morgan fingerprint density at radius 3 is 2.78 bits per heavy atom. The van der Waals surface area contributed by atoms with Crippen LogP contribution in [0.1, 0.15) is 25.2 Å². The van der Waals surface area contributed by atoms with Crippen LogP contribution in [0, 0.1) is 6.92 Å². The van der Waals surface area contributed by atoms with Crippen LogP contribution in [0.25, 0.3) is 0 Å². The number of thioether (sulfide) groups is 1. The van der Waals surface area contributed by atoms with Crippen molar-refractivity contribution in [1.29, 1.82) is 0 Å². The Bertz CT molecular complexity index is 778. The van der Waals surface area contributed by atoms with E-state index in [9.17, 15) is 9.59 Å². The molecule has 1 N–H and O–H groups in total. The maximum atomic E-state index is 11.9. The number of nitrogens with one attached hydrogen (secondary N) is 1. The van der Waals surface area contributed by atoms with Gasteiger partial charge in [-0.2, -0.15) is 0 Å². The highest BCUT2D eigenvalue weighted by Gasteiger charge is 2.14. The molecule has 0 saturated heterocycles. The van der Waals surface area contributed by atoms with Crippen LogP contribution < -0.4 is 10.1 Å². The van der Waals surface area contributed by atoms with Crippen LogP contribution in [0.5, 0.6) is 5.75 Å². The summed E-state index contributed by atoms with van der Waals surface area (Å²) < 4.78 is 12.4. The third-order valence-electron chi connectivity index (χ3n) is 3.53. The molecule has 2 aromatic rings. The van der Waals surface area contributed by atoms with Crippen LogP contribution in [0.4, 0.5) is 0 Å². The standard InChI is InChI=1S/C18H24N4O4S/c1-4-22-15(11-26-14-8-6-7-13(3)9-14)20-21-18(22)27-12-16(23)19-10-17(24)25-5-2/h6-9H,4-5,10-12H2,1-3H3,(H,19,23). The van der Waals surface area contributed by atoms with Crippen LogP contribution in [0.15, 0.2) is 29.4 Å². The molecule has 0 unspecified atom stereocenters. The van der Waals surface area contributed by atoms with E-state index in [2.05, 4.69) is 15.5 Å². The van der Waals surface area contributed by atoms with Gasteiger partial charge in [0.15, 0.2) is 11.0 Å². The minimum atomic E-state index is -0.455. The van der Waals surface area contributed by atoms with Crippen molar-refractivity contribution in [3.8, 4) is 5.75 Å². The molecular formula is C18H24N4O4S. The number of esters is 1. The summed E-state index contributed by atoms with van der Waals surface area (Å²) in [6.07, 6.45) is 0. The molecule has 0 aliphatic rings. The molecule has 27 heavy (non-hydrogen) atoms. The second-order valence-corrected chi connectivity index (χ2v) is 6.56. The lowest BCUT2D eigenvalue weighted by Gasteiger charge is -2.09. The average molecular weight is 392 g/mol. The van der Waals surface area contributed by atoms with Crippen molar-refractivity contribution < 1.29 is 19.1 Å². The van der Waals surface area contributed by atoms with Gasteiger partial charge in [0.1, 0.15) is 18.9 Å². The van der Waals surface area contributed by atoms with Gasteiger partial charge in [0.25, 0.3) is 0 Å². The van der Waals surface area contributed by atoms with Crippen LogP contribution in [0.2, 0.25) is 0 Å². The van der Waals surface area contributed by atoms with E-state index < -0.39 is 5.97 Å². The lowest BCUT2D eigenvalue weighted by atomic mass is 10.2. The summed E-state index contributed by atoms with van der Waals surface area (Å²) in [7, 11) is 0. The zero-order chi connectivity index (χ0) is 19.6. The smallest absolute Gasteiger partial charge is 0.325 e. The van der Waals surface area contributed by atoms with Crippen LogP contribution >= 0.6 is 11.8 Å². The number of nitrogens with zero attached hydrogens (tertiary/aromatic N) is 3. The summed E-state index contributed by atoms with van der Waals surface area (Å²) in [5.41, 5.74) is 1.12. The quantitative estimate of drug-likeness (QED) is 0.488. The molecule has 0 aliphatic carbocycles. The lowest BCUT2D eigenvalue weighted by Crippen LogP contribution is -2.31. The molecule has 0 spiro atoms. The zero-order valence-corrected chi connectivity index (χ0v) is 16.5. The van der Waals surface area contributed by atoms with E-state index in [1.54, 1.807) is 6.92 Å². The number of hydrogen-bond donors (Lipinski definition) is 1. The largest absolute Gasteiger partial charge is 0.486 e. The van der Waals surface area contributed by atoms with E-state index in [0.29, 0.717) is 24.1 Å². The topological polar surface area (TPSA) is 95.3 Å². The normalized spacial score (nSPS) is 10.5. The number of carbonyl (C=O) groups is 2. The SMILES string of the molecule is CCOC(=O)CNC(=O)CSc1nnc(COc2cccc(C)c2)n1CC. The Kier molecular flexibility index (Phi) is 8.12. The van der Waals surface area contributed by atoms with Crippen molar-refractivity contribution in [3.63, 3.8) is 0 Å². The summed E-state index contributed by atoms with van der Waals surface area (Å²) in [6, 6.07) is 7.79. The molecule has 1 heterocycles. The van der Waals surface area contributed by atoms with E-state index in [4.69, 9.17) is 9.47 Å². The van der Waals surface area contributed by atoms with Crippen LogP contribution in [0.3, 0.4) is 0 Å². The minimum absolute atomic E-state index is 0.135. The molecule has 2 rings (SSSR count).